The second kappa shape index (κ2) is 3.22. The molecular weight excluding hydrogens is 178 g/mol. The Morgan fingerprint density at radius 3 is 2.79 bits per heavy atom. The summed E-state index contributed by atoms with van der Waals surface area (Å²) in [5.74, 6) is 0. The van der Waals surface area contributed by atoms with Crippen LogP contribution in [0.1, 0.15) is 12.6 Å². The van der Waals surface area contributed by atoms with Crippen LogP contribution in [0.15, 0.2) is 18.3 Å². The van der Waals surface area contributed by atoms with Crippen molar-refractivity contribution in [1.29, 1.82) is 0 Å². The van der Waals surface area contributed by atoms with Crippen molar-refractivity contribution in [2.75, 3.05) is 18.8 Å². The summed E-state index contributed by atoms with van der Waals surface area (Å²) in [5.41, 5.74) is 6.70. The molecule has 1 saturated heterocycles. The van der Waals surface area contributed by atoms with E-state index in [0.717, 1.165) is 25.3 Å². The van der Waals surface area contributed by atoms with Crippen LogP contribution >= 0.6 is 0 Å². The second-order valence-corrected chi connectivity index (χ2v) is 4.22. The molecule has 0 atom stereocenters. The Bertz CT molecular complexity index is 313. The zero-order chi connectivity index (χ0) is 10.2. The quantitative estimate of drug-likeness (QED) is 0.706. The van der Waals surface area contributed by atoms with E-state index in [1.54, 1.807) is 6.20 Å². The molecule has 4 heteroatoms. The molecule has 2 heterocycles. The predicted octanol–water partition coefficient (Wildman–Crippen LogP) is 0.230. The average Bonchev–Trinajstić information content (AvgIpc) is 2.06. The van der Waals surface area contributed by atoms with Crippen LogP contribution in [0.2, 0.25) is 0 Å². The van der Waals surface area contributed by atoms with Crippen LogP contribution in [-0.4, -0.2) is 33.7 Å². The van der Waals surface area contributed by atoms with Crippen molar-refractivity contribution in [3.63, 3.8) is 0 Å². The van der Waals surface area contributed by atoms with Gasteiger partial charge >= 0.3 is 0 Å². The number of nitrogens with two attached hydrogens (primary N) is 1. The Morgan fingerprint density at radius 2 is 2.29 bits per heavy atom. The number of rotatable bonds is 2. The van der Waals surface area contributed by atoms with Gasteiger partial charge in [-0.15, -0.1) is 0 Å². The van der Waals surface area contributed by atoms with Crippen molar-refractivity contribution in [1.82, 2.24) is 9.88 Å². The van der Waals surface area contributed by atoms with Crippen molar-refractivity contribution < 1.29 is 5.11 Å². The largest absolute Gasteiger partial charge is 0.397 e. The molecular formula is C10H15N3O. The number of hydrogen-bond acceptors (Lipinski definition) is 4. The lowest BCUT2D eigenvalue weighted by Gasteiger charge is -2.44. The van der Waals surface area contributed by atoms with Gasteiger partial charge in [-0.3, -0.25) is 9.88 Å². The van der Waals surface area contributed by atoms with Gasteiger partial charge in [0.2, 0.25) is 0 Å². The highest BCUT2D eigenvalue weighted by molar-refractivity contribution is 5.34. The normalized spacial score (nSPS) is 20.4. The van der Waals surface area contributed by atoms with Gasteiger partial charge in [0.15, 0.2) is 0 Å². The first-order valence-corrected chi connectivity index (χ1v) is 4.70. The molecule has 4 nitrogen and oxygen atoms in total. The van der Waals surface area contributed by atoms with E-state index in [0.29, 0.717) is 5.69 Å². The van der Waals surface area contributed by atoms with E-state index in [2.05, 4.69) is 9.88 Å². The maximum atomic E-state index is 9.52. The minimum atomic E-state index is -0.506. The van der Waals surface area contributed by atoms with Gasteiger partial charge in [-0.1, -0.05) is 0 Å². The van der Waals surface area contributed by atoms with E-state index < -0.39 is 5.60 Å². The number of nitrogen functional groups attached to an aromatic ring is 1. The number of hydrogen-bond donors (Lipinski definition) is 2. The van der Waals surface area contributed by atoms with Crippen LogP contribution in [-0.2, 0) is 6.54 Å². The standard InChI is InChI=1S/C10H15N3O/c1-10(14)6-13(7-10)5-9-3-2-8(11)4-12-9/h2-4,14H,5-7,11H2,1H3. The smallest absolute Gasteiger partial charge is 0.0872 e. The molecule has 14 heavy (non-hydrogen) atoms. The molecule has 0 unspecified atom stereocenters. The Morgan fingerprint density at radius 1 is 1.57 bits per heavy atom. The topological polar surface area (TPSA) is 62.4 Å². The third kappa shape index (κ3) is 2.02. The lowest BCUT2D eigenvalue weighted by atomic mass is 9.97. The molecule has 1 aromatic rings. The fourth-order valence-corrected chi connectivity index (χ4v) is 1.79. The highest BCUT2D eigenvalue weighted by Crippen LogP contribution is 2.21. The molecule has 0 saturated carbocycles. The maximum Gasteiger partial charge on any atom is 0.0872 e. The number of nitrogens with zero attached hydrogens (tertiary/aromatic N) is 2. The van der Waals surface area contributed by atoms with E-state index >= 15 is 0 Å². The summed E-state index contributed by atoms with van der Waals surface area (Å²) in [4.78, 5) is 6.35. The Hall–Kier alpha value is -1.13. The molecule has 1 aromatic heterocycles. The van der Waals surface area contributed by atoms with E-state index in [4.69, 9.17) is 5.73 Å². The number of aliphatic hydroxyl groups is 1. The molecule has 0 spiro atoms. The number of aromatic nitrogens is 1. The molecule has 0 aliphatic carbocycles. The van der Waals surface area contributed by atoms with Crippen molar-refractivity contribution in [2.24, 2.45) is 0 Å². The van der Waals surface area contributed by atoms with Crippen LogP contribution in [0.3, 0.4) is 0 Å². The van der Waals surface area contributed by atoms with Gasteiger partial charge in [-0.05, 0) is 19.1 Å². The minimum absolute atomic E-state index is 0.506. The van der Waals surface area contributed by atoms with Crippen molar-refractivity contribution in [3.05, 3.63) is 24.0 Å². The summed E-state index contributed by atoms with van der Waals surface area (Å²) in [7, 11) is 0. The molecule has 3 N–H and O–H groups in total. The first-order valence-electron chi connectivity index (χ1n) is 4.70. The number of anilines is 1. The average molecular weight is 193 g/mol. The zero-order valence-electron chi connectivity index (χ0n) is 8.27. The van der Waals surface area contributed by atoms with Crippen molar-refractivity contribution in [3.8, 4) is 0 Å². The molecule has 0 aromatic carbocycles. The Balaban J connectivity index is 1.90. The van der Waals surface area contributed by atoms with Crippen LogP contribution in [0.4, 0.5) is 5.69 Å². The summed E-state index contributed by atoms with van der Waals surface area (Å²) in [6.45, 7) is 4.08. The summed E-state index contributed by atoms with van der Waals surface area (Å²) in [6.07, 6.45) is 1.66. The van der Waals surface area contributed by atoms with Gasteiger partial charge in [-0.25, -0.2) is 0 Å². The summed E-state index contributed by atoms with van der Waals surface area (Å²) in [6, 6.07) is 3.77. The fourth-order valence-electron chi connectivity index (χ4n) is 1.79. The van der Waals surface area contributed by atoms with Gasteiger partial charge in [0.25, 0.3) is 0 Å². The summed E-state index contributed by atoms with van der Waals surface area (Å²) >= 11 is 0. The SMILES string of the molecule is CC1(O)CN(Cc2ccc(N)cn2)C1. The van der Waals surface area contributed by atoms with Gasteiger partial charge in [0, 0.05) is 19.6 Å². The van der Waals surface area contributed by atoms with E-state index in [1.807, 2.05) is 19.1 Å². The molecule has 1 fully saturated rings. The lowest BCUT2D eigenvalue weighted by Crippen LogP contribution is -2.59. The van der Waals surface area contributed by atoms with E-state index in [9.17, 15) is 5.11 Å². The monoisotopic (exact) mass is 193 g/mol. The molecule has 2 rings (SSSR count). The van der Waals surface area contributed by atoms with Gasteiger partial charge in [0.1, 0.15) is 0 Å². The van der Waals surface area contributed by atoms with Gasteiger partial charge in [0.05, 0.1) is 23.2 Å². The first kappa shape index (κ1) is 9.43. The lowest BCUT2D eigenvalue weighted by molar-refractivity contribution is -0.0875. The molecule has 1 aliphatic heterocycles. The predicted molar refractivity (Wildman–Crippen MR) is 54.6 cm³/mol. The zero-order valence-corrected chi connectivity index (χ0v) is 8.27. The van der Waals surface area contributed by atoms with Crippen molar-refractivity contribution in [2.45, 2.75) is 19.1 Å². The Labute approximate surface area is 83.4 Å². The summed E-state index contributed by atoms with van der Waals surface area (Å²) in [5, 5.41) is 9.52. The number of likely N-dealkylation sites (tertiary alicyclic amines) is 1. The molecule has 0 bridgehead atoms. The number of β-amino-alcohol motifs (C(OH)–C–C–N with tert-alkyl or cyclic N) is 1. The van der Waals surface area contributed by atoms with Gasteiger partial charge < -0.3 is 10.8 Å². The van der Waals surface area contributed by atoms with Crippen LogP contribution in [0.5, 0.6) is 0 Å². The molecule has 76 valence electrons. The third-order valence-corrected chi connectivity index (χ3v) is 2.36. The second-order valence-electron chi connectivity index (χ2n) is 4.22. The highest BCUT2D eigenvalue weighted by atomic mass is 16.3. The van der Waals surface area contributed by atoms with E-state index in [1.165, 1.54) is 0 Å². The maximum absolute atomic E-state index is 9.52. The van der Waals surface area contributed by atoms with Crippen LogP contribution in [0, 0.1) is 0 Å². The highest BCUT2D eigenvalue weighted by Gasteiger charge is 2.36. The number of pyridine rings is 1. The van der Waals surface area contributed by atoms with Crippen LogP contribution in [0.25, 0.3) is 0 Å². The van der Waals surface area contributed by atoms with Crippen LogP contribution < -0.4 is 5.73 Å². The molecule has 0 amide bonds. The summed E-state index contributed by atoms with van der Waals surface area (Å²) < 4.78 is 0. The fraction of sp³-hybridized carbons (Fsp3) is 0.500. The van der Waals surface area contributed by atoms with Gasteiger partial charge in [-0.2, -0.15) is 0 Å². The third-order valence-electron chi connectivity index (χ3n) is 2.36. The molecule has 1 aliphatic rings. The Kier molecular flexibility index (Phi) is 2.17. The minimum Gasteiger partial charge on any atom is -0.397 e. The van der Waals surface area contributed by atoms with E-state index in [-0.39, 0.29) is 0 Å². The molecule has 0 radical (unpaired) electrons. The van der Waals surface area contributed by atoms with Crippen molar-refractivity contribution >= 4 is 5.69 Å². The first-order chi connectivity index (χ1) is 6.55.